The predicted molar refractivity (Wildman–Crippen MR) is 119 cm³/mol. The number of rotatable bonds is 10. The Morgan fingerprint density at radius 2 is 1.60 bits per heavy atom. The minimum absolute atomic E-state index is 0.207. The lowest BCUT2D eigenvalue weighted by atomic mass is 10.1. The number of methoxy groups -OCH3 is 1. The van der Waals surface area contributed by atoms with Gasteiger partial charge in [-0.3, -0.25) is 0 Å². The van der Waals surface area contributed by atoms with Crippen molar-refractivity contribution in [2.45, 2.75) is 6.10 Å². The number of para-hydroxylation sites is 3. The number of nitrogens with one attached hydrogen (secondary N) is 2. The molecule has 0 aliphatic rings. The molecule has 6 nitrogen and oxygen atoms in total. The maximum absolute atomic E-state index is 10.3. The van der Waals surface area contributed by atoms with Crippen molar-refractivity contribution in [1.82, 2.24) is 10.3 Å². The molecule has 0 saturated carbocycles. The number of ether oxygens (including phenoxy) is 3. The molecule has 0 aliphatic heterocycles. The van der Waals surface area contributed by atoms with Gasteiger partial charge in [0.1, 0.15) is 25.1 Å². The minimum Gasteiger partial charge on any atom is -0.493 e. The molecular weight excluding hydrogens is 383 g/mol. The van der Waals surface area contributed by atoms with Gasteiger partial charge in [0, 0.05) is 29.4 Å². The van der Waals surface area contributed by atoms with E-state index in [1.165, 1.54) is 0 Å². The SMILES string of the molecule is COc1ccccc1OCCN[13CH2][13CH](O)[13CH2]Oc1cccc2[nH]c3ccccc3c12. The minimum atomic E-state index is -0.628. The summed E-state index contributed by atoms with van der Waals surface area (Å²) in [6, 6.07) is 21.6. The van der Waals surface area contributed by atoms with E-state index in [-0.39, 0.29) is 6.61 Å². The summed E-state index contributed by atoms with van der Waals surface area (Å²) < 4.78 is 16.9. The maximum atomic E-state index is 10.3. The third kappa shape index (κ3) is 4.50. The zero-order valence-electron chi connectivity index (χ0n) is 16.9. The first-order valence-electron chi connectivity index (χ1n) is 10.0. The number of aliphatic hydroxyl groups is 1. The molecule has 0 aliphatic carbocycles. The molecule has 0 fully saturated rings. The van der Waals surface area contributed by atoms with Gasteiger partial charge in [-0.15, -0.1) is 0 Å². The van der Waals surface area contributed by atoms with Crippen molar-refractivity contribution in [2.24, 2.45) is 0 Å². The molecule has 3 aromatic carbocycles. The molecule has 30 heavy (non-hydrogen) atoms. The van der Waals surface area contributed by atoms with Gasteiger partial charge in [-0.1, -0.05) is 36.4 Å². The molecule has 1 atom stereocenters. The molecule has 156 valence electrons. The van der Waals surface area contributed by atoms with Gasteiger partial charge >= 0.3 is 0 Å². The smallest absolute Gasteiger partial charge is 0.161 e. The molecule has 6 heteroatoms. The van der Waals surface area contributed by atoms with Crippen molar-refractivity contribution < 1.29 is 19.3 Å². The van der Waals surface area contributed by atoms with Crippen LogP contribution in [0.5, 0.6) is 17.2 Å². The van der Waals surface area contributed by atoms with Gasteiger partial charge in [0.2, 0.25) is 0 Å². The zero-order chi connectivity index (χ0) is 20.8. The highest BCUT2D eigenvalue weighted by Gasteiger charge is 2.11. The highest BCUT2D eigenvalue weighted by molar-refractivity contribution is 6.10. The third-order valence-corrected chi connectivity index (χ3v) is 4.91. The van der Waals surface area contributed by atoms with Crippen molar-refractivity contribution in [2.75, 3.05) is 33.4 Å². The van der Waals surface area contributed by atoms with Crippen LogP contribution in [0.2, 0.25) is 0 Å². The molecule has 1 unspecified atom stereocenters. The summed E-state index contributed by atoms with van der Waals surface area (Å²) in [5.74, 6) is 2.18. The van der Waals surface area contributed by atoms with E-state index in [0.29, 0.717) is 31.2 Å². The number of aromatic amines is 1. The summed E-state index contributed by atoms with van der Waals surface area (Å²) in [5.41, 5.74) is 2.09. The molecule has 0 radical (unpaired) electrons. The first-order valence-corrected chi connectivity index (χ1v) is 10.0. The number of aromatic nitrogens is 1. The lowest BCUT2D eigenvalue weighted by Gasteiger charge is -2.15. The Morgan fingerprint density at radius 1 is 0.867 bits per heavy atom. The molecule has 0 spiro atoms. The van der Waals surface area contributed by atoms with Crippen LogP contribution in [0.25, 0.3) is 21.8 Å². The van der Waals surface area contributed by atoms with Crippen LogP contribution in [0.15, 0.2) is 66.7 Å². The van der Waals surface area contributed by atoms with E-state index in [1.807, 2.05) is 60.7 Å². The Labute approximate surface area is 175 Å². The van der Waals surface area contributed by atoms with E-state index in [1.54, 1.807) is 7.11 Å². The zero-order valence-corrected chi connectivity index (χ0v) is 16.9. The molecule has 4 aromatic rings. The van der Waals surface area contributed by atoms with Crippen molar-refractivity contribution >= 4 is 21.8 Å². The Kier molecular flexibility index (Phi) is 6.37. The fourth-order valence-corrected chi connectivity index (χ4v) is 3.47. The Morgan fingerprint density at radius 3 is 2.47 bits per heavy atom. The summed E-state index contributed by atoms with van der Waals surface area (Å²) in [6.07, 6.45) is -0.628. The molecular formula is C24H26N2O4. The second kappa shape index (κ2) is 9.52. The number of aliphatic hydroxyl groups excluding tert-OH is 1. The molecule has 3 N–H and O–H groups in total. The maximum Gasteiger partial charge on any atom is 0.161 e. The number of H-pyrrole nitrogens is 1. The van der Waals surface area contributed by atoms with Gasteiger partial charge in [0.05, 0.1) is 12.6 Å². The highest BCUT2D eigenvalue weighted by atomic mass is 16.6. The van der Waals surface area contributed by atoms with Crippen molar-refractivity contribution in [3.8, 4) is 17.2 Å². The first-order chi connectivity index (χ1) is 14.8. The summed E-state index contributed by atoms with van der Waals surface area (Å²) in [6.45, 7) is 1.70. The summed E-state index contributed by atoms with van der Waals surface area (Å²) in [5, 5.41) is 15.6. The molecule has 0 bridgehead atoms. The van der Waals surface area contributed by atoms with Gasteiger partial charge < -0.3 is 29.6 Å². The predicted octanol–water partition coefficient (Wildman–Crippen LogP) is 3.74. The number of benzene rings is 3. The monoisotopic (exact) mass is 409 g/mol. The third-order valence-electron chi connectivity index (χ3n) is 4.91. The van der Waals surface area contributed by atoms with Gasteiger partial charge in [0.25, 0.3) is 0 Å². The number of hydrogen-bond acceptors (Lipinski definition) is 5. The molecule has 1 heterocycles. The molecule has 4 rings (SSSR count). The lowest BCUT2D eigenvalue weighted by Crippen LogP contribution is -2.33. The quantitative estimate of drug-likeness (QED) is 0.275. The fraction of sp³-hybridized carbons (Fsp3) is 0.250. The van der Waals surface area contributed by atoms with Crippen LogP contribution in [0.3, 0.4) is 0 Å². The normalized spacial score (nSPS) is 12.2. The van der Waals surface area contributed by atoms with Crippen LogP contribution in [-0.4, -0.2) is 49.6 Å². The second-order valence-electron chi connectivity index (χ2n) is 7.02. The summed E-state index contributed by atoms with van der Waals surface area (Å²) in [4.78, 5) is 3.40. The summed E-state index contributed by atoms with van der Waals surface area (Å²) in [7, 11) is 1.62. The van der Waals surface area contributed by atoms with Crippen LogP contribution < -0.4 is 19.5 Å². The van der Waals surface area contributed by atoms with Crippen LogP contribution in [0.1, 0.15) is 0 Å². The van der Waals surface area contributed by atoms with Crippen LogP contribution in [0.4, 0.5) is 0 Å². The largest absolute Gasteiger partial charge is 0.493 e. The van der Waals surface area contributed by atoms with Crippen LogP contribution in [0, 0.1) is 0 Å². The van der Waals surface area contributed by atoms with E-state index in [4.69, 9.17) is 14.2 Å². The molecule has 1 aromatic heterocycles. The van der Waals surface area contributed by atoms with Crippen LogP contribution in [-0.2, 0) is 0 Å². The summed E-state index contributed by atoms with van der Waals surface area (Å²) >= 11 is 0. The van der Waals surface area contributed by atoms with Crippen molar-refractivity contribution in [3.63, 3.8) is 0 Å². The Bertz CT molecular complexity index is 1110. The number of fused-ring (bicyclic) bond motifs is 3. The Hall–Kier alpha value is -3.22. The molecule has 0 amide bonds. The lowest BCUT2D eigenvalue weighted by molar-refractivity contribution is 0.106. The highest BCUT2D eigenvalue weighted by Crippen LogP contribution is 2.33. The molecule has 0 saturated heterocycles. The number of hydrogen-bond donors (Lipinski definition) is 3. The van der Waals surface area contributed by atoms with Crippen LogP contribution >= 0.6 is 0 Å². The van der Waals surface area contributed by atoms with Gasteiger partial charge in [-0.05, 0) is 30.3 Å². The van der Waals surface area contributed by atoms with Gasteiger partial charge in [0.15, 0.2) is 11.5 Å². The van der Waals surface area contributed by atoms with E-state index in [0.717, 1.165) is 27.6 Å². The van der Waals surface area contributed by atoms with E-state index >= 15 is 0 Å². The Balaban J connectivity index is 1.26. The van der Waals surface area contributed by atoms with E-state index < -0.39 is 6.10 Å². The fourth-order valence-electron chi connectivity index (χ4n) is 3.47. The van der Waals surface area contributed by atoms with Crippen molar-refractivity contribution in [3.05, 3.63) is 66.7 Å². The van der Waals surface area contributed by atoms with E-state index in [2.05, 4.69) is 16.4 Å². The topological polar surface area (TPSA) is 75.7 Å². The average molecular weight is 409 g/mol. The van der Waals surface area contributed by atoms with Gasteiger partial charge in [-0.25, -0.2) is 0 Å². The first kappa shape index (κ1) is 20.1. The average Bonchev–Trinajstić information content (AvgIpc) is 3.17. The second-order valence-corrected chi connectivity index (χ2v) is 7.02. The van der Waals surface area contributed by atoms with E-state index in [9.17, 15) is 5.11 Å². The van der Waals surface area contributed by atoms with Crippen molar-refractivity contribution in [1.29, 1.82) is 0 Å². The standard InChI is InChI=1S/C24H26N2O4/c1-28-21-10-4-5-11-22(21)29-14-13-25-15-17(27)16-30-23-12-6-9-20-24(23)18-7-2-3-8-19(18)26-20/h2-12,17,25-27H,13-16H2,1H3/i15+1,16+1,17+1. The van der Waals surface area contributed by atoms with Gasteiger partial charge in [-0.2, -0.15) is 0 Å².